The van der Waals surface area contributed by atoms with Crippen LogP contribution in [0.5, 0.6) is 0 Å². The van der Waals surface area contributed by atoms with E-state index in [1.54, 1.807) is 10.7 Å². The summed E-state index contributed by atoms with van der Waals surface area (Å²) in [7, 11) is 0. The molecule has 5 rings (SSSR count). The number of fused-ring (bicyclic) bond motifs is 4. The summed E-state index contributed by atoms with van der Waals surface area (Å²) in [4.78, 5) is 14.2. The third kappa shape index (κ3) is 2.99. The summed E-state index contributed by atoms with van der Waals surface area (Å²) in [5.74, 6) is 0.0273. The fraction of sp³-hybridized carbons (Fsp3) is 0.412. The van der Waals surface area contributed by atoms with Crippen molar-refractivity contribution < 1.29 is 9.18 Å². The quantitative estimate of drug-likeness (QED) is 0.938. The number of benzene rings is 1. The summed E-state index contributed by atoms with van der Waals surface area (Å²) < 4.78 is 15.0. The summed E-state index contributed by atoms with van der Waals surface area (Å²) in [5, 5.41) is 7.41. The zero-order chi connectivity index (χ0) is 15.8. The van der Waals surface area contributed by atoms with Crippen LogP contribution in [0, 0.1) is 11.7 Å². The van der Waals surface area contributed by atoms with Gasteiger partial charge in [-0.1, -0.05) is 6.07 Å². The average Bonchev–Trinajstić information content (AvgIpc) is 2.82. The molecule has 4 heterocycles. The number of hydrogen-bond donors (Lipinski definition) is 1. The number of nitrogens with zero attached hydrogens (tertiary/aromatic N) is 3. The first-order valence-corrected chi connectivity index (χ1v) is 7.99. The van der Waals surface area contributed by atoms with Crippen molar-refractivity contribution in [2.24, 2.45) is 5.92 Å². The van der Waals surface area contributed by atoms with Crippen LogP contribution in [-0.2, 0) is 11.3 Å². The standard InChI is InChI=1S/C17H19FN4O/c18-14-2-1-3-16(6-14)22-9-12(7-19-22)8-21-10-13-4-5-15(11-21)20-17(13)23/h1-3,6-7,9,13,15H,4-5,8,10-11H2,(H,20,23)/t13-,15+/m1/s1. The van der Waals surface area contributed by atoms with E-state index in [-0.39, 0.29) is 23.7 Å². The highest BCUT2D eigenvalue weighted by molar-refractivity contribution is 5.80. The highest BCUT2D eigenvalue weighted by Crippen LogP contribution is 2.23. The van der Waals surface area contributed by atoms with E-state index in [1.807, 2.05) is 18.5 Å². The normalized spacial score (nSPS) is 24.5. The molecule has 2 aromatic rings. The Labute approximate surface area is 134 Å². The molecule has 3 aliphatic heterocycles. The maximum atomic E-state index is 13.3. The predicted molar refractivity (Wildman–Crippen MR) is 83.5 cm³/mol. The van der Waals surface area contributed by atoms with E-state index in [0.717, 1.165) is 38.0 Å². The van der Waals surface area contributed by atoms with E-state index >= 15 is 0 Å². The molecule has 0 radical (unpaired) electrons. The van der Waals surface area contributed by atoms with Gasteiger partial charge in [0.15, 0.2) is 0 Å². The molecule has 1 N–H and O–H groups in total. The highest BCUT2D eigenvalue weighted by atomic mass is 19.1. The number of aromatic nitrogens is 2. The molecule has 120 valence electrons. The number of piperidine rings is 1. The lowest BCUT2D eigenvalue weighted by Gasteiger charge is -2.22. The molecule has 23 heavy (non-hydrogen) atoms. The molecule has 3 saturated heterocycles. The van der Waals surface area contributed by atoms with Crippen LogP contribution >= 0.6 is 0 Å². The molecule has 6 heteroatoms. The maximum Gasteiger partial charge on any atom is 0.224 e. The molecule has 1 amide bonds. The Morgan fingerprint density at radius 1 is 1.30 bits per heavy atom. The summed E-state index contributed by atoms with van der Waals surface area (Å²) in [6, 6.07) is 6.65. The van der Waals surface area contributed by atoms with Gasteiger partial charge in [0.25, 0.3) is 0 Å². The van der Waals surface area contributed by atoms with E-state index < -0.39 is 0 Å². The Balaban J connectivity index is 1.49. The molecule has 0 unspecified atom stereocenters. The van der Waals surface area contributed by atoms with Crippen LogP contribution in [0.3, 0.4) is 0 Å². The second-order valence-corrected chi connectivity index (χ2v) is 6.45. The maximum absolute atomic E-state index is 13.3. The molecule has 3 aliphatic rings. The van der Waals surface area contributed by atoms with Gasteiger partial charge in [-0.3, -0.25) is 9.69 Å². The molecule has 2 atom stereocenters. The van der Waals surface area contributed by atoms with Gasteiger partial charge in [-0.15, -0.1) is 0 Å². The lowest BCUT2D eigenvalue weighted by atomic mass is 9.96. The number of halogens is 1. The summed E-state index contributed by atoms with van der Waals surface area (Å²) >= 11 is 0. The van der Waals surface area contributed by atoms with Crippen LogP contribution in [-0.4, -0.2) is 39.7 Å². The van der Waals surface area contributed by atoms with Gasteiger partial charge in [0.1, 0.15) is 5.82 Å². The van der Waals surface area contributed by atoms with Gasteiger partial charge < -0.3 is 5.32 Å². The molecule has 3 fully saturated rings. The van der Waals surface area contributed by atoms with Crippen molar-refractivity contribution >= 4 is 5.91 Å². The molecule has 5 nitrogen and oxygen atoms in total. The lowest BCUT2D eigenvalue weighted by Crippen LogP contribution is -2.43. The molecule has 0 spiro atoms. The molecule has 0 aliphatic carbocycles. The van der Waals surface area contributed by atoms with Crippen molar-refractivity contribution in [2.45, 2.75) is 25.4 Å². The van der Waals surface area contributed by atoms with Crippen LogP contribution in [0.25, 0.3) is 5.69 Å². The predicted octanol–water partition coefficient (Wildman–Crippen LogP) is 1.72. The van der Waals surface area contributed by atoms with Gasteiger partial charge in [0.05, 0.1) is 17.8 Å². The minimum absolute atomic E-state index is 0.104. The number of amides is 1. The third-order valence-corrected chi connectivity index (χ3v) is 4.65. The molecule has 1 aromatic heterocycles. The van der Waals surface area contributed by atoms with E-state index in [0.29, 0.717) is 5.69 Å². The van der Waals surface area contributed by atoms with Crippen LogP contribution < -0.4 is 5.32 Å². The molecular formula is C17H19FN4O. The van der Waals surface area contributed by atoms with Gasteiger partial charge in [0, 0.05) is 37.4 Å². The summed E-state index contributed by atoms with van der Waals surface area (Å²) in [6.45, 7) is 2.44. The second-order valence-electron chi connectivity index (χ2n) is 6.45. The van der Waals surface area contributed by atoms with Crippen molar-refractivity contribution in [1.82, 2.24) is 20.0 Å². The minimum Gasteiger partial charge on any atom is -0.352 e. The Kier molecular flexibility index (Phi) is 3.61. The second kappa shape index (κ2) is 5.77. The van der Waals surface area contributed by atoms with Crippen LogP contribution in [0.4, 0.5) is 4.39 Å². The molecular weight excluding hydrogens is 295 g/mol. The number of carbonyl (C=O) groups is 1. The fourth-order valence-electron chi connectivity index (χ4n) is 3.52. The highest BCUT2D eigenvalue weighted by Gasteiger charge is 2.34. The lowest BCUT2D eigenvalue weighted by molar-refractivity contribution is -0.126. The zero-order valence-electron chi connectivity index (χ0n) is 12.8. The van der Waals surface area contributed by atoms with Gasteiger partial charge in [0.2, 0.25) is 5.91 Å². The van der Waals surface area contributed by atoms with E-state index in [2.05, 4.69) is 15.3 Å². The first kappa shape index (κ1) is 14.4. The van der Waals surface area contributed by atoms with Crippen molar-refractivity contribution in [3.05, 3.63) is 48.0 Å². The van der Waals surface area contributed by atoms with Gasteiger partial charge >= 0.3 is 0 Å². The topological polar surface area (TPSA) is 50.2 Å². The number of hydrogen-bond acceptors (Lipinski definition) is 3. The monoisotopic (exact) mass is 314 g/mol. The molecule has 2 bridgehead atoms. The number of rotatable bonds is 3. The van der Waals surface area contributed by atoms with Crippen LogP contribution in [0.15, 0.2) is 36.7 Å². The van der Waals surface area contributed by atoms with Crippen LogP contribution in [0.1, 0.15) is 18.4 Å². The first-order chi connectivity index (χ1) is 11.2. The molecule has 0 saturated carbocycles. The van der Waals surface area contributed by atoms with Crippen molar-refractivity contribution in [3.8, 4) is 5.69 Å². The van der Waals surface area contributed by atoms with E-state index in [4.69, 9.17) is 0 Å². The first-order valence-electron chi connectivity index (χ1n) is 7.99. The van der Waals surface area contributed by atoms with Crippen LogP contribution in [0.2, 0.25) is 0 Å². The number of carbonyl (C=O) groups excluding carboxylic acids is 1. The zero-order valence-corrected chi connectivity index (χ0v) is 12.8. The Morgan fingerprint density at radius 2 is 2.22 bits per heavy atom. The Bertz CT molecular complexity index is 729. The van der Waals surface area contributed by atoms with E-state index in [1.165, 1.54) is 12.1 Å². The van der Waals surface area contributed by atoms with E-state index in [9.17, 15) is 9.18 Å². The van der Waals surface area contributed by atoms with Gasteiger partial charge in [-0.05, 0) is 31.0 Å². The average molecular weight is 314 g/mol. The summed E-state index contributed by atoms with van der Waals surface area (Å²) in [6.07, 6.45) is 5.79. The number of nitrogens with one attached hydrogen (secondary N) is 1. The smallest absolute Gasteiger partial charge is 0.224 e. The fourth-order valence-corrected chi connectivity index (χ4v) is 3.52. The third-order valence-electron chi connectivity index (χ3n) is 4.65. The van der Waals surface area contributed by atoms with Gasteiger partial charge in [-0.25, -0.2) is 9.07 Å². The largest absolute Gasteiger partial charge is 0.352 e. The molecule has 1 aromatic carbocycles. The minimum atomic E-state index is -0.270. The Morgan fingerprint density at radius 3 is 3.04 bits per heavy atom. The Hall–Kier alpha value is -2.21. The van der Waals surface area contributed by atoms with Crippen molar-refractivity contribution in [1.29, 1.82) is 0 Å². The van der Waals surface area contributed by atoms with Crippen molar-refractivity contribution in [2.75, 3.05) is 13.1 Å². The summed E-state index contributed by atoms with van der Waals surface area (Å²) in [5.41, 5.74) is 1.78. The van der Waals surface area contributed by atoms with Gasteiger partial charge in [-0.2, -0.15) is 5.10 Å². The van der Waals surface area contributed by atoms with Crippen molar-refractivity contribution in [3.63, 3.8) is 0 Å². The SMILES string of the molecule is O=C1N[C@H]2CC[C@@H]1CN(Cc1cnn(-c3cccc(F)c3)c1)C2.